The van der Waals surface area contributed by atoms with E-state index in [9.17, 15) is 0 Å². The fraction of sp³-hybridized carbons (Fsp3) is 0.294. The Hall–Kier alpha value is -2.20. The lowest BCUT2D eigenvalue weighted by Gasteiger charge is -2.09. The zero-order valence-electron chi connectivity index (χ0n) is 12.2. The van der Waals surface area contributed by atoms with Crippen molar-refractivity contribution >= 4 is 0 Å². The molecule has 112 valence electrons. The molecule has 0 unspecified atom stereocenters. The fourth-order valence-electron chi connectivity index (χ4n) is 1.84. The maximum Gasteiger partial charge on any atom is 0.122 e. The van der Waals surface area contributed by atoms with E-state index >= 15 is 0 Å². The molecular formula is C17H21NO3. The predicted octanol–water partition coefficient (Wildman–Crippen LogP) is 3.00. The summed E-state index contributed by atoms with van der Waals surface area (Å²) in [6, 6.07) is 15.3. The van der Waals surface area contributed by atoms with Crippen LogP contribution in [0, 0.1) is 0 Å². The van der Waals surface area contributed by atoms with Gasteiger partial charge in [0.1, 0.15) is 30.5 Å². The van der Waals surface area contributed by atoms with Gasteiger partial charge in [-0.1, -0.05) is 12.1 Å². The molecule has 0 aromatic heterocycles. The summed E-state index contributed by atoms with van der Waals surface area (Å²) in [6.45, 7) is 4.15. The first-order valence-electron chi connectivity index (χ1n) is 7.09. The summed E-state index contributed by atoms with van der Waals surface area (Å²) in [6.07, 6.45) is 0. The molecule has 0 atom stereocenters. The minimum atomic E-state index is 0.493. The monoisotopic (exact) mass is 287 g/mol. The molecule has 0 saturated carbocycles. The van der Waals surface area contributed by atoms with Crippen LogP contribution in [0.3, 0.4) is 0 Å². The van der Waals surface area contributed by atoms with Crippen LogP contribution in [-0.2, 0) is 6.54 Å². The Kier molecular flexibility index (Phi) is 5.91. The smallest absolute Gasteiger partial charge is 0.122 e. The van der Waals surface area contributed by atoms with E-state index in [1.807, 2.05) is 55.5 Å². The summed E-state index contributed by atoms with van der Waals surface area (Å²) < 4.78 is 16.6. The molecule has 21 heavy (non-hydrogen) atoms. The highest BCUT2D eigenvalue weighted by molar-refractivity contribution is 5.31. The molecule has 0 aliphatic heterocycles. The molecule has 2 rings (SSSR count). The van der Waals surface area contributed by atoms with Gasteiger partial charge in [-0.3, -0.25) is 0 Å². The highest BCUT2D eigenvalue weighted by Gasteiger charge is 1.97. The number of hydrogen-bond acceptors (Lipinski definition) is 4. The average Bonchev–Trinajstić information content (AvgIpc) is 2.54. The Morgan fingerprint density at radius 1 is 0.714 bits per heavy atom. The molecule has 0 fully saturated rings. The first-order valence-corrected chi connectivity index (χ1v) is 7.09. The largest absolute Gasteiger partial charge is 0.494 e. The topological polar surface area (TPSA) is 53.7 Å². The Morgan fingerprint density at radius 3 is 1.57 bits per heavy atom. The van der Waals surface area contributed by atoms with Gasteiger partial charge in [-0.15, -0.1) is 0 Å². The maximum absolute atomic E-state index is 5.61. The van der Waals surface area contributed by atoms with Crippen LogP contribution in [0.1, 0.15) is 12.5 Å². The second-order valence-corrected chi connectivity index (χ2v) is 4.45. The Morgan fingerprint density at radius 2 is 1.14 bits per heavy atom. The Labute approximate surface area is 125 Å². The van der Waals surface area contributed by atoms with Crippen LogP contribution in [0.5, 0.6) is 17.2 Å². The highest BCUT2D eigenvalue weighted by atomic mass is 16.5. The molecule has 4 nitrogen and oxygen atoms in total. The van der Waals surface area contributed by atoms with Crippen LogP contribution < -0.4 is 19.9 Å². The van der Waals surface area contributed by atoms with Crippen molar-refractivity contribution in [2.75, 3.05) is 19.8 Å². The third-order valence-corrected chi connectivity index (χ3v) is 2.91. The van der Waals surface area contributed by atoms with Gasteiger partial charge < -0.3 is 19.9 Å². The zero-order valence-corrected chi connectivity index (χ0v) is 12.2. The third kappa shape index (κ3) is 5.00. The lowest BCUT2D eigenvalue weighted by Crippen LogP contribution is -2.09. The van der Waals surface area contributed by atoms with Gasteiger partial charge in [0, 0.05) is 6.54 Å². The third-order valence-electron chi connectivity index (χ3n) is 2.91. The molecule has 0 radical (unpaired) electrons. The molecule has 4 heteroatoms. The normalized spacial score (nSPS) is 10.2. The second kappa shape index (κ2) is 8.17. The number of benzene rings is 2. The minimum Gasteiger partial charge on any atom is -0.494 e. The van der Waals surface area contributed by atoms with Crippen molar-refractivity contribution < 1.29 is 14.2 Å². The molecule has 2 aromatic carbocycles. The van der Waals surface area contributed by atoms with E-state index < -0.39 is 0 Å². The SMILES string of the molecule is CCOc1ccc(OCCOc2ccc(CN)cc2)cc1. The highest BCUT2D eigenvalue weighted by Crippen LogP contribution is 2.17. The van der Waals surface area contributed by atoms with Crippen molar-refractivity contribution in [1.82, 2.24) is 0 Å². The molecule has 0 saturated heterocycles. The summed E-state index contributed by atoms with van der Waals surface area (Å²) in [7, 11) is 0. The number of rotatable bonds is 8. The van der Waals surface area contributed by atoms with E-state index in [4.69, 9.17) is 19.9 Å². The van der Waals surface area contributed by atoms with Gasteiger partial charge in [-0.25, -0.2) is 0 Å². The summed E-state index contributed by atoms with van der Waals surface area (Å²) in [4.78, 5) is 0. The van der Waals surface area contributed by atoms with Gasteiger partial charge in [0.15, 0.2) is 0 Å². The molecule has 0 bridgehead atoms. The van der Waals surface area contributed by atoms with Crippen LogP contribution in [0.25, 0.3) is 0 Å². The van der Waals surface area contributed by atoms with Gasteiger partial charge in [0.25, 0.3) is 0 Å². The van der Waals surface area contributed by atoms with Gasteiger partial charge in [-0.05, 0) is 48.9 Å². The molecule has 2 N–H and O–H groups in total. The van der Waals surface area contributed by atoms with Crippen LogP contribution in [0.2, 0.25) is 0 Å². The van der Waals surface area contributed by atoms with Crippen molar-refractivity contribution in [3.8, 4) is 17.2 Å². The molecular weight excluding hydrogens is 266 g/mol. The predicted molar refractivity (Wildman–Crippen MR) is 82.9 cm³/mol. The maximum atomic E-state index is 5.61. The average molecular weight is 287 g/mol. The zero-order chi connectivity index (χ0) is 14.9. The van der Waals surface area contributed by atoms with Crippen LogP contribution in [0.4, 0.5) is 0 Å². The molecule has 2 aromatic rings. The fourth-order valence-corrected chi connectivity index (χ4v) is 1.84. The summed E-state index contributed by atoms with van der Waals surface area (Å²) in [5, 5.41) is 0. The van der Waals surface area contributed by atoms with Crippen molar-refractivity contribution in [2.24, 2.45) is 5.73 Å². The van der Waals surface area contributed by atoms with E-state index in [0.29, 0.717) is 26.4 Å². The lowest BCUT2D eigenvalue weighted by atomic mass is 10.2. The first kappa shape index (κ1) is 15.2. The van der Waals surface area contributed by atoms with E-state index in [2.05, 4.69) is 0 Å². The van der Waals surface area contributed by atoms with E-state index in [-0.39, 0.29) is 0 Å². The minimum absolute atomic E-state index is 0.493. The summed E-state index contributed by atoms with van der Waals surface area (Å²) in [5.74, 6) is 2.48. The van der Waals surface area contributed by atoms with E-state index in [0.717, 1.165) is 22.8 Å². The van der Waals surface area contributed by atoms with Gasteiger partial charge in [0.05, 0.1) is 6.61 Å². The number of ether oxygens (including phenoxy) is 3. The van der Waals surface area contributed by atoms with E-state index in [1.54, 1.807) is 0 Å². The van der Waals surface area contributed by atoms with Gasteiger partial charge in [-0.2, -0.15) is 0 Å². The van der Waals surface area contributed by atoms with Crippen LogP contribution >= 0.6 is 0 Å². The standard InChI is InChI=1S/C17H21NO3/c1-2-19-15-7-9-17(10-8-15)21-12-11-20-16-5-3-14(13-18)4-6-16/h3-10H,2,11-13,18H2,1H3. The van der Waals surface area contributed by atoms with Gasteiger partial charge >= 0.3 is 0 Å². The molecule has 0 spiro atoms. The van der Waals surface area contributed by atoms with Crippen molar-refractivity contribution in [3.05, 3.63) is 54.1 Å². The Balaban J connectivity index is 1.71. The van der Waals surface area contributed by atoms with Crippen molar-refractivity contribution in [1.29, 1.82) is 0 Å². The van der Waals surface area contributed by atoms with Crippen LogP contribution in [0.15, 0.2) is 48.5 Å². The van der Waals surface area contributed by atoms with E-state index in [1.165, 1.54) is 0 Å². The first-order chi connectivity index (χ1) is 10.3. The summed E-state index contributed by atoms with van der Waals surface area (Å²) >= 11 is 0. The molecule has 0 aliphatic carbocycles. The summed E-state index contributed by atoms with van der Waals surface area (Å²) in [5.41, 5.74) is 6.64. The van der Waals surface area contributed by atoms with Crippen molar-refractivity contribution in [2.45, 2.75) is 13.5 Å². The molecule has 0 aliphatic rings. The number of nitrogens with two attached hydrogens (primary N) is 1. The Bertz CT molecular complexity index is 523. The molecule has 0 heterocycles. The van der Waals surface area contributed by atoms with Crippen LogP contribution in [-0.4, -0.2) is 19.8 Å². The second-order valence-electron chi connectivity index (χ2n) is 4.45. The number of hydrogen-bond donors (Lipinski definition) is 1. The van der Waals surface area contributed by atoms with Crippen molar-refractivity contribution in [3.63, 3.8) is 0 Å². The lowest BCUT2D eigenvalue weighted by molar-refractivity contribution is 0.217. The van der Waals surface area contributed by atoms with Gasteiger partial charge in [0.2, 0.25) is 0 Å². The molecule has 0 amide bonds. The quantitative estimate of drug-likeness (QED) is 0.758.